The van der Waals surface area contributed by atoms with E-state index in [1.54, 1.807) is 24.3 Å². The number of halogens is 1. The number of ether oxygens (including phenoxy) is 1. The van der Waals surface area contributed by atoms with Crippen molar-refractivity contribution in [1.29, 1.82) is 5.26 Å². The Morgan fingerprint density at radius 3 is 2.56 bits per heavy atom. The summed E-state index contributed by atoms with van der Waals surface area (Å²) in [6, 6.07) is 11.2. The lowest BCUT2D eigenvalue weighted by molar-refractivity contribution is 0.416. The van der Waals surface area contributed by atoms with Crippen molar-refractivity contribution in [3.05, 3.63) is 47.8 Å². The molecule has 0 saturated carbocycles. The quantitative estimate of drug-likeness (QED) is 0.823. The summed E-state index contributed by atoms with van der Waals surface area (Å²) in [5.74, 6) is 0.193. The van der Waals surface area contributed by atoms with Crippen LogP contribution in [0.3, 0.4) is 0 Å². The summed E-state index contributed by atoms with van der Waals surface area (Å²) < 4.78 is 18.3. The van der Waals surface area contributed by atoms with Crippen molar-refractivity contribution in [3.63, 3.8) is 0 Å². The predicted octanol–water partition coefficient (Wildman–Crippen LogP) is 2.96. The molecule has 0 amide bonds. The topological polar surface area (TPSA) is 59.0 Å². The largest absolute Gasteiger partial charge is 0.496 e. The van der Waals surface area contributed by atoms with Gasteiger partial charge in [0.2, 0.25) is 0 Å². The molecule has 0 bridgehead atoms. The lowest BCUT2D eigenvalue weighted by atomic mass is 10.0. The fourth-order valence-corrected chi connectivity index (χ4v) is 1.77. The molecule has 2 aromatic rings. The first kappa shape index (κ1) is 11.9. The summed E-state index contributed by atoms with van der Waals surface area (Å²) in [6.07, 6.45) is 0. The van der Waals surface area contributed by atoms with Crippen LogP contribution >= 0.6 is 0 Å². The number of methoxy groups -OCH3 is 1. The Morgan fingerprint density at radius 1 is 1.17 bits per heavy atom. The standard InChI is InChI=1S/C14H11FN2O/c1-18-14-5-2-9(8-16)6-12(14)11-4-3-10(15)7-13(11)17/h2-7H,17H2,1H3. The van der Waals surface area contributed by atoms with Crippen molar-refractivity contribution in [3.8, 4) is 22.9 Å². The number of hydrogen-bond acceptors (Lipinski definition) is 3. The van der Waals surface area contributed by atoms with Gasteiger partial charge in [-0.1, -0.05) is 0 Å². The van der Waals surface area contributed by atoms with Gasteiger partial charge in [-0.05, 0) is 36.4 Å². The van der Waals surface area contributed by atoms with E-state index in [1.807, 2.05) is 6.07 Å². The lowest BCUT2D eigenvalue weighted by Gasteiger charge is -2.11. The van der Waals surface area contributed by atoms with Crippen molar-refractivity contribution in [2.24, 2.45) is 0 Å². The van der Waals surface area contributed by atoms with Gasteiger partial charge in [0.15, 0.2) is 0 Å². The van der Waals surface area contributed by atoms with E-state index in [0.717, 1.165) is 0 Å². The second-order valence-electron chi connectivity index (χ2n) is 3.76. The molecular formula is C14H11FN2O. The molecule has 18 heavy (non-hydrogen) atoms. The number of nitrogen functional groups attached to an aromatic ring is 1. The van der Waals surface area contributed by atoms with Crippen LogP contribution in [0, 0.1) is 17.1 Å². The van der Waals surface area contributed by atoms with Gasteiger partial charge >= 0.3 is 0 Å². The maximum atomic E-state index is 13.0. The van der Waals surface area contributed by atoms with E-state index < -0.39 is 5.82 Å². The number of nitrogens with zero attached hydrogens (tertiary/aromatic N) is 1. The van der Waals surface area contributed by atoms with Crippen LogP contribution in [-0.4, -0.2) is 7.11 Å². The van der Waals surface area contributed by atoms with Crippen LogP contribution in [0.1, 0.15) is 5.56 Å². The first-order chi connectivity index (χ1) is 8.65. The minimum absolute atomic E-state index is 0.309. The zero-order valence-electron chi connectivity index (χ0n) is 9.77. The number of rotatable bonds is 2. The lowest BCUT2D eigenvalue weighted by Crippen LogP contribution is -1.94. The number of hydrogen-bond donors (Lipinski definition) is 1. The zero-order valence-corrected chi connectivity index (χ0v) is 9.77. The number of benzene rings is 2. The SMILES string of the molecule is COc1ccc(C#N)cc1-c1ccc(F)cc1N. The molecule has 2 N–H and O–H groups in total. The molecule has 0 aliphatic carbocycles. The van der Waals surface area contributed by atoms with Crippen molar-refractivity contribution >= 4 is 5.69 Å². The van der Waals surface area contributed by atoms with Crippen molar-refractivity contribution < 1.29 is 9.13 Å². The molecule has 0 atom stereocenters. The normalized spacial score (nSPS) is 9.83. The molecule has 3 nitrogen and oxygen atoms in total. The summed E-state index contributed by atoms with van der Waals surface area (Å²) in [4.78, 5) is 0. The van der Waals surface area contributed by atoms with E-state index in [4.69, 9.17) is 15.7 Å². The summed E-state index contributed by atoms with van der Waals surface area (Å²) >= 11 is 0. The van der Waals surface area contributed by atoms with Gasteiger partial charge in [0.1, 0.15) is 11.6 Å². The Bertz CT molecular complexity index is 632. The van der Waals surface area contributed by atoms with Gasteiger partial charge < -0.3 is 10.5 Å². The highest BCUT2D eigenvalue weighted by Gasteiger charge is 2.10. The Hall–Kier alpha value is -2.54. The fourth-order valence-electron chi connectivity index (χ4n) is 1.77. The third-order valence-electron chi connectivity index (χ3n) is 2.63. The van der Waals surface area contributed by atoms with Crippen molar-refractivity contribution in [2.75, 3.05) is 12.8 Å². The molecule has 4 heteroatoms. The second-order valence-corrected chi connectivity index (χ2v) is 3.76. The maximum Gasteiger partial charge on any atom is 0.126 e. The highest BCUT2D eigenvalue weighted by molar-refractivity contribution is 5.81. The van der Waals surface area contributed by atoms with Gasteiger partial charge in [-0.2, -0.15) is 5.26 Å². The summed E-state index contributed by atoms with van der Waals surface area (Å²) in [5, 5.41) is 8.90. The van der Waals surface area contributed by atoms with Gasteiger partial charge in [0.25, 0.3) is 0 Å². The maximum absolute atomic E-state index is 13.0. The molecule has 0 aliphatic rings. The van der Waals surface area contributed by atoms with E-state index in [2.05, 4.69) is 0 Å². The van der Waals surface area contributed by atoms with E-state index in [-0.39, 0.29) is 0 Å². The summed E-state index contributed by atoms with van der Waals surface area (Å²) in [5.41, 5.74) is 7.91. The van der Waals surface area contributed by atoms with Gasteiger partial charge in [0, 0.05) is 16.8 Å². The second kappa shape index (κ2) is 4.76. The Balaban J connectivity index is 2.65. The molecule has 0 aliphatic heterocycles. The Labute approximate surface area is 104 Å². The Kier molecular flexibility index (Phi) is 3.16. The van der Waals surface area contributed by atoms with Crippen molar-refractivity contribution in [1.82, 2.24) is 0 Å². The molecule has 2 rings (SSSR count). The third-order valence-corrected chi connectivity index (χ3v) is 2.63. The van der Waals surface area contributed by atoms with Crippen LogP contribution < -0.4 is 10.5 Å². The zero-order chi connectivity index (χ0) is 13.1. The third kappa shape index (κ3) is 2.11. The predicted molar refractivity (Wildman–Crippen MR) is 67.5 cm³/mol. The molecule has 0 aromatic heterocycles. The molecule has 0 saturated heterocycles. The van der Waals surface area contributed by atoms with E-state index in [9.17, 15) is 4.39 Å². The molecule has 2 aromatic carbocycles. The Morgan fingerprint density at radius 2 is 1.94 bits per heavy atom. The van der Waals surface area contributed by atoms with Crippen LogP contribution in [0.4, 0.5) is 10.1 Å². The van der Waals surface area contributed by atoms with Crippen LogP contribution in [0.15, 0.2) is 36.4 Å². The van der Waals surface area contributed by atoms with Crippen LogP contribution in [-0.2, 0) is 0 Å². The van der Waals surface area contributed by atoms with E-state index in [0.29, 0.717) is 28.1 Å². The highest BCUT2D eigenvalue weighted by atomic mass is 19.1. The number of nitriles is 1. The summed E-state index contributed by atoms with van der Waals surface area (Å²) in [7, 11) is 1.53. The summed E-state index contributed by atoms with van der Waals surface area (Å²) in [6.45, 7) is 0. The van der Waals surface area contributed by atoms with Crippen molar-refractivity contribution in [2.45, 2.75) is 0 Å². The average Bonchev–Trinajstić information content (AvgIpc) is 2.38. The van der Waals surface area contributed by atoms with E-state index in [1.165, 1.54) is 19.2 Å². The molecule has 0 unspecified atom stereocenters. The highest BCUT2D eigenvalue weighted by Crippen LogP contribution is 2.34. The van der Waals surface area contributed by atoms with Gasteiger partial charge in [-0.25, -0.2) is 4.39 Å². The number of anilines is 1. The van der Waals surface area contributed by atoms with Gasteiger partial charge in [-0.3, -0.25) is 0 Å². The fraction of sp³-hybridized carbons (Fsp3) is 0.0714. The minimum Gasteiger partial charge on any atom is -0.496 e. The smallest absolute Gasteiger partial charge is 0.126 e. The van der Waals surface area contributed by atoms with E-state index >= 15 is 0 Å². The molecule has 0 spiro atoms. The van der Waals surface area contributed by atoms with Crippen LogP contribution in [0.25, 0.3) is 11.1 Å². The first-order valence-corrected chi connectivity index (χ1v) is 5.29. The molecule has 90 valence electrons. The molecule has 0 heterocycles. The van der Waals surface area contributed by atoms with Gasteiger partial charge in [-0.15, -0.1) is 0 Å². The minimum atomic E-state index is -0.397. The molecular weight excluding hydrogens is 231 g/mol. The average molecular weight is 242 g/mol. The van der Waals surface area contributed by atoms with Crippen LogP contribution in [0.5, 0.6) is 5.75 Å². The molecule has 0 fully saturated rings. The first-order valence-electron chi connectivity index (χ1n) is 5.29. The van der Waals surface area contributed by atoms with Gasteiger partial charge in [0.05, 0.1) is 18.7 Å². The molecule has 0 radical (unpaired) electrons. The number of nitrogens with two attached hydrogens (primary N) is 1. The van der Waals surface area contributed by atoms with Crippen LogP contribution in [0.2, 0.25) is 0 Å². The monoisotopic (exact) mass is 242 g/mol.